The number of carbonyl (C=O) groups is 2. The molecule has 3 aromatic heterocycles. The predicted octanol–water partition coefficient (Wildman–Crippen LogP) is 1.99. The molecule has 3 aliphatic rings. The number of fused-ring (bicyclic) bond motifs is 2. The number of carbonyl (C=O) groups excluding carboxylic acids is 2. The lowest BCUT2D eigenvalue weighted by Crippen LogP contribution is -2.46. The van der Waals surface area contributed by atoms with E-state index >= 15 is 0 Å². The van der Waals surface area contributed by atoms with Crippen LogP contribution in [0.1, 0.15) is 54.0 Å². The zero-order valence-corrected chi connectivity index (χ0v) is 17.9. The van der Waals surface area contributed by atoms with Crippen LogP contribution < -0.4 is 5.32 Å². The lowest BCUT2D eigenvalue weighted by molar-refractivity contribution is -0.137. The summed E-state index contributed by atoms with van der Waals surface area (Å²) in [6.07, 6.45) is 8.50. The van der Waals surface area contributed by atoms with Gasteiger partial charge in [0.1, 0.15) is 5.69 Å². The number of aromatic nitrogens is 5. The number of amides is 2. The summed E-state index contributed by atoms with van der Waals surface area (Å²) in [6, 6.07) is 5.55. The van der Waals surface area contributed by atoms with Gasteiger partial charge in [-0.15, -0.1) is 0 Å². The van der Waals surface area contributed by atoms with Gasteiger partial charge >= 0.3 is 0 Å². The maximum absolute atomic E-state index is 13.5. The summed E-state index contributed by atoms with van der Waals surface area (Å²) >= 11 is 0. The van der Waals surface area contributed by atoms with Crippen LogP contribution >= 0.6 is 0 Å². The molecule has 2 atom stereocenters. The molecule has 166 valence electrons. The van der Waals surface area contributed by atoms with Crippen molar-refractivity contribution in [1.82, 2.24) is 35.6 Å². The first-order chi connectivity index (χ1) is 15.6. The molecule has 9 nitrogen and oxygen atoms in total. The highest BCUT2D eigenvalue weighted by Gasteiger charge is 2.50. The van der Waals surface area contributed by atoms with E-state index in [0.717, 1.165) is 48.2 Å². The van der Waals surface area contributed by atoms with E-state index in [1.807, 2.05) is 12.1 Å². The molecule has 2 fully saturated rings. The highest BCUT2D eigenvalue weighted by molar-refractivity contribution is 5.97. The number of H-pyrrole nitrogens is 2. The standard InChI is InChI=1S/C23H27N7O2/c31-21(20-10-18-16(26-20)3-1-8-24-18)25-12-15-11-23(6-2-7-23)13-30(15)22(32)14-4-5-17-19(9-14)28-29-27-17/h1,3,8,10,14-15,26H,2,4-7,9,11-13H2,(H,25,31)(H,27,28,29). The van der Waals surface area contributed by atoms with E-state index < -0.39 is 0 Å². The molecule has 0 aromatic carbocycles. The molecule has 9 heteroatoms. The second-order valence-electron chi connectivity index (χ2n) is 9.66. The van der Waals surface area contributed by atoms with Crippen molar-refractivity contribution in [2.45, 2.75) is 51.0 Å². The van der Waals surface area contributed by atoms with Crippen LogP contribution in [0.15, 0.2) is 24.4 Å². The predicted molar refractivity (Wildman–Crippen MR) is 117 cm³/mol. The molecule has 1 saturated heterocycles. The fraction of sp³-hybridized carbons (Fsp3) is 0.522. The number of aromatic amines is 2. The SMILES string of the molecule is O=C(NCC1CC2(CCC2)CN1C(=O)C1CCc2n[nH]nc2C1)c1cc2ncccc2[nH]1. The average Bonchev–Trinajstić information content (AvgIpc) is 3.52. The fourth-order valence-electron chi connectivity index (χ4n) is 5.76. The van der Waals surface area contributed by atoms with E-state index in [0.29, 0.717) is 18.7 Å². The third-order valence-electron chi connectivity index (χ3n) is 7.67. The molecule has 32 heavy (non-hydrogen) atoms. The maximum atomic E-state index is 13.5. The Hall–Kier alpha value is -3.23. The molecule has 2 unspecified atom stereocenters. The van der Waals surface area contributed by atoms with Crippen molar-refractivity contribution in [1.29, 1.82) is 0 Å². The van der Waals surface area contributed by atoms with Gasteiger partial charge in [-0.05, 0) is 55.7 Å². The van der Waals surface area contributed by atoms with Crippen LogP contribution in [0.2, 0.25) is 0 Å². The first-order valence-electron chi connectivity index (χ1n) is 11.5. The molecule has 1 aliphatic heterocycles. The van der Waals surface area contributed by atoms with Gasteiger partial charge in [0.25, 0.3) is 5.91 Å². The number of nitrogens with zero attached hydrogens (tertiary/aromatic N) is 4. The van der Waals surface area contributed by atoms with Crippen LogP contribution in [0, 0.1) is 11.3 Å². The van der Waals surface area contributed by atoms with Gasteiger partial charge in [0.2, 0.25) is 5.91 Å². The number of aryl methyl sites for hydroxylation is 1. The minimum absolute atomic E-state index is 0.0351. The smallest absolute Gasteiger partial charge is 0.267 e. The Bertz CT molecular complexity index is 1140. The Labute approximate surface area is 185 Å². The van der Waals surface area contributed by atoms with Crippen LogP contribution in [-0.2, 0) is 17.6 Å². The monoisotopic (exact) mass is 433 g/mol. The van der Waals surface area contributed by atoms with Crippen molar-refractivity contribution >= 4 is 22.8 Å². The van der Waals surface area contributed by atoms with E-state index in [4.69, 9.17) is 0 Å². The Morgan fingerprint density at radius 2 is 2.12 bits per heavy atom. The van der Waals surface area contributed by atoms with E-state index in [-0.39, 0.29) is 29.2 Å². The van der Waals surface area contributed by atoms with E-state index in [1.54, 1.807) is 12.3 Å². The molecular formula is C23H27N7O2. The fourth-order valence-corrected chi connectivity index (χ4v) is 5.76. The number of pyridine rings is 1. The summed E-state index contributed by atoms with van der Waals surface area (Å²) in [5.74, 6) is -0.00726. The van der Waals surface area contributed by atoms with E-state index in [9.17, 15) is 9.59 Å². The van der Waals surface area contributed by atoms with Gasteiger partial charge in [0, 0.05) is 37.7 Å². The maximum Gasteiger partial charge on any atom is 0.267 e. The highest BCUT2D eigenvalue weighted by Crippen LogP contribution is 2.50. The van der Waals surface area contributed by atoms with Crippen LogP contribution in [0.3, 0.4) is 0 Å². The lowest BCUT2D eigenvalue weighted by Gasteiger charge is -2.38. The molecule has 0 radical (unpaired) electrons. The van der Waals surface area contributed by atoms with Crippen LogP contribution in [0.5, 0.6) is 0 Å². The first-order valence-corrected chi connectivity index (χ1v) is 11.5. The van der Waals surface area contributed by atoms with Crippen molar-refractivity contribution < 1.29 is 9.59 Å². The normalized spacial score (nSPS) is 23.8. The Kier molecular flexibility index (Phi) is 4.51. The van der Waals surface area contributed by atoms with Gasteiger partial charge < -0.3 is 15.2 Å². The third-order valence-corrected chi connectivity index (χ3v) is 7.67. The second kappa shape index (κ2) is 7.43. The summed E-state index contributed by atoms with van der Waals surface area (Å²) < 4.78 is 0. The van der Waals surface area contributed by atoms with Crippen molar-refractivity contribution in [2.75, 3.05) is 13.1 Å². The van der Waals surface area contributed by atoms with Gasteiger partial charge in [0.05, 0.1) is 22.4 Å². The van der Waals surface area contributed by atoms with Crippen molar-refractivity contribution in [3.63, 3.8) is 0 Å². The first kappa shape index (κ1) is 19.5. The summed E-state index contributed by atoms with van der Waals surface area (Å²) in [4.78, 5) is 35.8. The quantitative estimate of drug-likeness (QED) is 0.581. The van der Waals surface area contributed by atoms with Gasteiger partial charge in [-0.1, -0.05) is 6.42 Å². The Balaban J connectivity index is 1.16. The average molecular weight is 434 g/mol. The molecule has 1 saturated carbocycles. The van der Waals surface area contributed by atoms with Gasteiger partial charge in [0.15, 0.2) is 0 Å². The van der Waals surface area contributed by atoms with Crippen LogP contribution in [0.4, 0.5) is 0 Å². The summed E-state index contributed by atoms with van der Waals surface area (Å²) in [6.45, 7) is 1.28. The van der Waals surface area contributed by atoms with Crippen molar-refractivity contribution in [2.24, 2.45) is 11.3 Å². The molecule has 3 N–H and O–H groups in total. The number of rotatable bonds is 4. The molecule has 2 aliphatic carbocycles. The topological polar surface area (TPSA) is 120 Å². The molecule has 2 amide bonds. The third kappa shape index (κ3) is 3.27. The summed E-state index contributed by atoms with van der Waals surface area (Å²) in [5, 5.41) is 14.2. The second-order valence-corrected chi connectivity index (χ2v) is 9.66. The molecule has 4 heterocycles. The van der Waals surface area contributed by atoms with Crippen molar-refractivity contribution in [3.05, 3.63) is 41.5 Å². The van der Waals surface area contributed by atoms with Crippen molar-refractivity contribution in [3.8, 4) is 0 Å². The number of hydrogen-bond donors (Lipinski definition) is 3. The number of nitrogens with one attached hydrogen (secondary N) is 3. The minimum Gasteiger partial charge on any atom is -0.349 e. The van der Waals surface area contributed by atoms with Gasteiger partial charge in [-0.25, -0.2) is 0 Å². The Morgan fingerprint density at radius 1 is 1.25 bits per heavy atom. The van der Waals surface area contributed by atoms with Gasteiger partial charge in [-0.2, -0.15) is 15.4 Å². The molecule has 1 spiro atoms. The van der Waals surface area contributed by atoms with Gasteiger partial charge in [-0.3, -0.25) is 14.6 Å². The highest BCUT2D eigenvalue weighted by atomic mass is 16.2. The van der Waals surface area contributed by atoms with E-state index in [2.05, 4.69) is 35.6 Å². The number of hydrogen-bond acceptors (Lipinski definition) is 5. The molecule has 6 rings (SSSR count). The van der Waals surface area contributed by atoms with Crippen LogP contribution in [-0.4, -0.2) is 61.2 Å². The molecule has 3 aromatic rings. The largest absolute Gasteiger partial charge is 0.349 e. The number of likely N-dealkylation sites (tertiary alicyclic amines) is 1. The van der Waals surface area contributed by atoms with E-state index in [1.165, 1.54) is 19.3 Å². The van der Waals surface area contributed by atoms with Crippen LogP contribution in [0.25, 0.3) is 11.0 Å². The molecular weight excluding hydrogens is 406 g/mol. The molecule has 0 bridgehead atoms. The Morgan fingerprint density at radius 3 is 2.94 bits per heavy atom. The lowest BCUT2D eigenvalue weighted by atomic mass is 9.67. The zero-order chi connectivity index (χ0) is 21.7. The summed E-state index contributed by atoms with van der Waals surface area (Å²) in [7, 11) is 0. The summed E-state index contributed by atoms with van der Waals surface area (Å²) in [5.41, 5.74) is 4.26. The zero-order valence-electron chi connectivity index (χ0n) is 17.9. The minimum atomic E-state index is -0.158.